The van der Waals surface area contributed by atoms with E-state index >= 15 is 0 Å². The van der Waals surface area contributed by atoms with Crippen molar-refractivity contribution < 1.29 is 9.90 Å². The van der Waals surface area contributed by atoms with Gasteiger partial charge in [0.05, 0.1) is 6.04 Å². The van der Waals surface area contributed by atoms with Gasteiger partial charge in [-0.25, -0.2) is 4.79 Å². The molecule has 0 aliphatic heterocycles. The molecule has 4 aromatic rings. The Hall–Kier alpha value is -3.33. The van der Waals surface area contributed by atoms with Gasteiger partial charge in [0.1, 0.15) is 0 Å². The smallest absolute Gasteiger partial charge is 0.328 e. The highest BCUT2D eigenvalue weighted by atomic mass is 16.4. The van der Waals surface area contributed by atoms with Gasteiger partial charge in [-0.1, -0.05) is 42.5 Å². The normalized spacial score (nSPS) is 13.2. The first kappa shape index (κ1) is 17.1. The molecule has 3 heteroatoms. The van der Waals surface area contributed by atoms with Crippen molar-refractivity contribution in [2.45, 2.75) is 19.9 Å². The standard InChI is InChI=1S/C24H21NO2/c1-16(13-24(26)27)19-9-10-23-22(14-19)11-12-25(23)17(2)20-8-7-18-5-3-4-6-21(18)15-20/h3-15,17H,1-2H3,(H,26,27)/b16-13+. The monoisotopic (exact) mass is 355 g/mol. The lowest BCUT2D eigenvalue weighted by Gasteiger charge is -2.17. The van der Waals surface area contributed by atoms with Gasteiger partial charge in [-0.2, -0.15) is 0 Å². The molecular formula is C24H21NO2. The quantitative estimate of drug-likeness (QED) is 0.464. The number of benzene rings is 3. The van der Waals surface area contributed by atoms with Crippen LogP contribution in [0.2, 0.25) is 0 Å². The van der Waals surface area contributed by atoms with Gasteiger partial charge >= 0.3 is 5.97 Å². The average molecular weight is 355 g/mol. The van der Waals surface area contributed by atoms with Crippen molar-refractivity contribution in [2.24, 2.45) is 0 Å². The molecule has 0 radical (unpaired) electrons. The van der Waals surface area contributed by atoms with Gasteiger partial charge in [-0.05, 0) is 65.6 Å². The third kappa shape index (κ3) is 3.24. The maximum atomic E-state index is 10.9. The van der Waals surface area contributed by atoms with Gasteiger partial charge in [0, 0.05) is 23.2 Å². The molecule has 3 aromatic carbocycles. The molecule has 0 saturated heterocycles. The molecule has 1 unspecified atom stereocenters. The van der Waals surface area contributed by atoms with Gasteiger partial charge < -0.3 is 9.67 Å². The van der Waals surface area contributed by atoms with E-state index in [2.05, 4.69) is 72.3 Å². The lowest BCUT2D eigenvalue weighted by atomic mass is 10.0. The highest BCUT2D eigenvalue weighted by molar-refractivity contribution is 5.92. The summed E-state index contributed by atoms with van der Waals surface area (Å²) < 4.78 is 2.26. The van der Waals surface area contributed by atoms with Gasteiger partial charge in [0.2, 0.25) is 0 Å². The van der Waals surface area contributed by atoms with Crippen molar-refractivity contribution in [1.82, 2.24) is 4.57 Å². The zero-order valence-corrected chi connectivity index (χ0v) is 15.4. The first-order valence-corrected chi connectivity index (χ1v) is 9.04. The van der Waals surface area contributed by atoms with Crippen LogP contribution in [0.4, 0.5) is 0 Å². The van der Waals surface area contributed by atoms with E-state index in [1.165, 1.54) is 22.4 Å². The Kier molecular flexibility index (Phi) is 4.28. The highest BCUT2D eigenvalue weighted by Gasteiger charge is 2.12. The summed E-state index contributed by atoms with van der Waals surface area (Å²) in [6.45, 7) is 4.02. The van der Waals surface area contributed by atoms with Crippen molar-refractivity contribution in [2.75, 3.05) is 0 Å². The van der Waals surface area contributed by atoms with Crippen LogP contribution in [0.3, 0.4) is 0 Å². The molecule has 0 spiro atoms. The first-order valence-electron chi connectivity index (χ1n) is 9.04. The number of nitrogens with zero attached hydrogens (tertiary/aromatic N) is 1. The minimum absolute atomic E-state index is 0.202. The van der Waals surface area contributed by atoms with E-state index < -0.39 is 5.97 Å². The van der Waals surface area contributed by atoms with Crippen LogP contribution in [-0.4, -0.2) is 15.6 Å². The molecule has 4 rings (SSSR count). The molecule has 0 aliphatic rings. The van der Waals surface area contributed by atoms with E-state index in [0.717, 1.165) is 22.0 Å². The zero-order chi connectivity index (χ0) is 19.0. The minimum Gasteiger partial charge on any atom is -0.478 e. The molecule has 0 bridgehead atoms. The molecule has 1 aromatic heterocycles. The molecule has 134 valence electrons. The molecule has 0 saturated carbocycles. The van der Waals surface area contributed by atoms with Gasteiger partial charge in [0.15, 0.2) is 0 Å². The van der Waals surface area contributed by atoms with E-state index in [0.29, 0.717) is 0 Å². The van der Waals surface area contributed by atoms with Crippen molar-refractivity contribution in [3.05, 3.63) is 90.1 Å². The number of carboxylic acid groups (broad SMARTS) is 1. The largest absolute Gasteiger partial charge is 0.478 e. The number of allylic oxidation sites excluding steroid dienone is 1. The number of hydrogen-bond donors (Lipinski definition) is 1. The predicted octanol–water partition coefficient (Wildman–Crippen LogP) is 5.89. The fourth-order valence-corrected chi connectivity index (χ4v) is 3.64. The van der Waals surface area contributed by atoms with E-state index in [1.54, 1.807) is 0 Å². The summed E-state index contributed by atoms with van der Waals surface area (Å²) in [5.74, 6) is -0.921. The predicted molar refractivity (Wildman–Crippen MR) is 111 cm³/mol. The topological polar surface area (TPSA) is 42.2 Å². The van der Waals surface area contributed by atoms with E-state index in [-0.39, 0.29) is 6.04 Å². The first-order chi connectivity index (χ1) is 13.0. The van der Waals surface area contributed by atoms with Crippen molar-refractivity contribution in [3.63, 3.8) is 0 Å². The number of carbonyl (C=O) groups is 1. The van der Waals surface area contributed by atoms with E-state index in [1.807, 2.05) is 19.1 Å². The Morgan fingerprint density at radius 3 is 2.52 bits per heavy atom. The van der Waals surface area contributed by atoms with Crippen LogP contribution in [0.25, 0.3) is 27.2 Å². The van der Waals surface area contributed by atoms with Crippen LogP contribution < -0.4 is 0 Å². The Labute approximate surface area is 158 Å². The molecule has 1 atom stereocenters. The maximum Gasteiger partial charge on any atom is 0.328 e. The van der Waals surface area contributed by atoms with Crippen LogP contribution in [0.15, 0.2) is 79.0 Å². The fourth-order valence-electron chi connectivity index (χ4n) is 3.64. The fraction of sp³-hybridized carbons (Fsp3) is 0.125. The van der Waals surface area contributed by atoms with Crippen LogP contribution in [-0.2, 0) is 4.79 Å². The van der Waals surface area contributed by atoms with Gasteiger partial charge in [0.25, 0.3) is 0 Å². The summed E-state index contributed by atoms with van der Waals surface area (Å²) in [4.78, 5) is 10.9. The maximum absolute atomic E-state index is 10.9. The van der Waals surface area contributed by atoms with Crippen LogP contribution in [0.1, 0.15) is 31.0 Å². The second kappa shape index (κ2) is 6.76. The highest BCUT2D eigenvalue weighted by Crippen LogP contribution is 2.29. The summed E-state index contributed by atoms with van der Waals surface area (Å²) >= 11 is 0. The Morgan fingerprint density at radius 1 is 0.963 bits per heavy atom. The minimum atomic E-state index is -0.921. The van der Waals surface area contributed by atoms with Gasteiger partial charge in [-0.3, -0.25) is 0 Å². The third-order valence-corrected chi connectivity index (χ3v) is 5.19. The molecule has 1 heterocycles. The number of fused-ring (bicyclic) bond motifs is 2. The van der Waals surface area contributed by atoms with Gasteiger partial charge in [-0.15, -0.1) is 0 Å². The van der Waals surface area contributed by atoms with E-state index in [9.17, 15) is 4.79 Å². The Bertz CT molecular complexity index is 1180. The lowest BCUT2D eigenvalue weighted by Crippen LogP contribution is -2.05. The second-order valence-corrected chi connectivity index (χ2v) is 6.94. The average Bonchev–Trinajstić information content (AvgIpc) is 3.09. The summed E-state index contributed by atoms with van der Waals surface area (Å²) in [6.07, 6.45) is 3.35. The lowest BCUT2D eigenvalue weighted by molar-refractivity contribution is -0.131. The Balaban J connectivity index is 1.73. The summed E-state index contributed by atoms with van der Waals surface area (Å²) in [7, 11) is 0. The molecule has 0 aliphatic carbocycles. The molecule has 3 nitrogen and oxygen atoms in total. The molecule has 0 amide bonds. The van der Waals surface area contributed by atoms with Crippen molar-refractivity contribution >= 4 is 33.2 Å². The summed E-state index contributed by atoms with van der Waals surface area (Å²) in [6, 6.07) is 23.4. The molecular weight excluding hydrogens is 334 g/mol. The third-order valence-electron chi connectivity index (χ3n) is 5.19. The molecule has 0 fully saturated rings. The second-order valence-electron chi connectivity index (χ2n) is 6.94. The van der Waals surface area contributed by atoms with Crippen molar-refractivity contribution in [3.8, 4) is 0 Å². The van der Waals surface area contributed by atoms with Crippen LogP contribution in [0.5, 0.6) is 0 Å². The van der Waals surface area contributed by atoms with Crippen LogP contribution >= 0.6 is 0 Å². The Morgan fingerprint density at radius 2 is 1.74 bits per heavy atom. The number of aliphatic carboxylic acids is 1. The molecule has 27 heavy (non-hydrogen) atoms. The number of rotatable bonds is 4. The number of carboxylic acids is 1. The van der Waals surface area contributed by atoms with E-state index in [4.69, 9.17) is 5.11 Å². The molecule has 1 N–H and O–H groups in total. The summed E-state index contributed by atoms with van der Waals surface area (Å²) in [5, 5.41) is 12.6. The number of aromatic nitrogens is 1. The van der Waals surface area contributed by atoms with Crippen LogP contribution in [0, 0.1) is 0 Å². The number of hydrogen-bond acceptors (Lipinski definition) is 1. The van der Waals surface area contributed by atoms with Crippen molar-refractivity contribution in [1.29, 1.82) is 0 Å². The SMILES string of the molecule is C/C(=C\C(=O)O)c1ccc2c(ccn2C(C)c2ccc3ccccc3c2)c1. The summed E-state index contributed by atoms with van der Waals surface area (Å²) in [5.41, 5.74) is 4.08. The zero-order valence-electron chi connectivity index (χ0n) is 15.4.